The lowest BCUT2D eigenvalue weighted by Gasteiger charge is -2.19. The van der Waals surface area contributed by atoms with Crippen LogP contribution in [0.2, 0.25) is 0 Å². The predicted octanol–water partition coefficient (Wildman–Crippen LogP) is -0.569. The van der Waals surface area contributed by atoms with Crippen molar-refractivity contribution in [3.8, 4) is 0 Å². The minimum absolute atomic E-state index is 0.0918. The molecule has 0 spiro atoms. The van der Waals surface area contributed by atoms with Gasteiger partial charge in [-0.3, -0.25) is 14.4 Å². The fourth-order valence-electron chi connectivity index (χ4n) is 1.67. The molecule has 0 heterocycles. The Balaban J connectivity index is 2.65. The largest absolute Gasteiger partial charge is 0.480 e. The van der Waals surface area contributed by atoms with Crippen molar-refractivity contribution in [3.63, 3.8) is 0 Å². The minimum Gasteiger partial charge on any atom is -0.480 e. The van der Waals surface area contributed by atoms with Crippen molar-refractivity contribution in [2.24, 2.45) is 17.1 Å². The molecular formula is C10H16N2O4. The number of carbonyl (C=O) groups excluding carboxylic acids is 2. The van der Waals surface area contributed by atoms with Crippen LogP contribution in [-0.4, -0.2) is 40.9 Å². The lowest BCUT2D eigenvalue weighted by Crippen LogP contribution is -2.42. The van der Waals surface area contributed by atoms with E-state index >= 15 is 0 Å². The number of hydrogen-bond acceptors (Lipinski definition) is 3. The summed E-state index contributed by atoms with van der Waals surface area (Å²) < 4.78 is 0. The number of amides is 2. The second-order valence-electron chi connectivity index (χ2n) is 4.80. The summed E-state index contributed by atoms with van der Waals surface area (Å²) in [6.07, 6.45) is 0.723. The van der Waals surface area contributed by atoms with E-state index in [0.29, 0.717) is 0 Å². The summed E-state index contributed by atoms with van der Waals surface area (Å²) in [4.78, 5) is 34.1. The van der Waals surface area contributed by atoms with Gasteiger partial charge in [-0.25, -0.2) is 0 Å². The Kier molecular flexibility index (Phi) is 3.21. The van der Waals surface area contributed by atoms with E-state index in [1.165, 1.54) is 0 Å². The second kappa shape index (κ2) is 4.11. The number of carboxylic acids is 1. The van der Waals surface area contributed by atoms with E-state index in [9.17, 15) is 14.4 Å². The fraction of sp³-hybridized carbons (Fsp3) is 0.700. The Morgan fingerprint density at radius 2 is 1.88 bits per heavy atom. The molecule has 1 aliphatic rings. The summed E-state index contributed by atoms with van der Waals surface area (Å²) in [6, 6.07) is 0. The highest BCUT2D eigenvalue weighted by Gasteiger charge is 2.52. The maximum atomic E-state index is 11.8. The molecule has 16 heavy (non-hydrogen) atoms. The Labute approximate surface area is 93.4 Å². The lowest BCUT2D eigenvalue weighted by atomic mass is 10.1. The maximum absolute atomic E-state index is 11.8. The van der Waals surface area contributed by atoms with Crippen molar-refractivity contribution >= 4 is 17.8 Å². The zero-order valence-electron chi connectivity index (χ0n) is 9.40. The van der Waals surface area contributed by atoms with Crippen LogP contribution in [0.5, 0.6) is 0 Å². The van der Waals surface area contributed by atoms with Gasteiger partial charge in [0, 0.05) is 5.92 Å². The van der Waals surface area contributed by atoms with Crippen LogP contribution in [0.4, 0.5) is 0 Å². The van der Waals surface area contributed by atoms with Crippen LogP contribution in [0.3, 0.4) is 0 Å². The Morgan fingerprint density at radius 3 is 2.19 bits per heavy atom. The highest BCUT2D eigenvalue weighted by molar-refractivity contribution is 5.89. The maximum Gasteiger partial charge on any atom is 0.323 e. The Morgan fingerprint density at radius 1 is 1.38 bits per heavy atom. The Hall–Kier alpha value is -1.59. The topological polar surface area (TPSA) is 101 Å². The second-order valence-corrected chi connectivity index (χ2v) is 4.80. The molecule has 1 aliphatic carbocycles. The molecule has 0 aromatic carbocycles. The summed E-state index contributed by atoms with van der Waals surface area (Å²) in [5.41, 5.74) is 4.88. The molecule has 1 saturated carbocycles. The SMILES string of the molecule is CC1(C)CC1C(=O)N(CC(N)=O)CC(=O)O. The van der Waals surface area contributed by atoms with Crippen LogP contribution in [-0.2, 0) is 14.4 Å². The predicted molar refractivity (Wildman–Crippen MR) is 55.3 cm³/mol. The summed E-state index contributed by atoms with van der Waals surface area (Å²) in [7, 11) is 0. The van der Waals surface area contributed by atoms with E-state index in [1.807, 2.05) is 13.8 Å². The van der Waals surface area contributed by atoms with Crippen LogP contribution in [0.15, 0.2) is 0 Å². The summed E-state index contributed by atoms with van der Waals surface area (Å²) in [5.74, 6) is -2.33. The molecule has 0 aromatic heterocycles. The third-order valence-corrected chi connectivity index (χ3v) is 2.80. The number of carbonyl (C=O) groups is 3. The highest BCUT2D eigenvalue weighted by atomic mass is 16.4. The average molecular weight is 228 g/mol. The minimum atomic E-state index is -1.15. The summed E-state index contributed by atoms with van der Waals surface area (Å²) in [5, 5.41) is 8.63. The number of primary amides is 1. The first-order valence-corrected chi connectivity index (χ1v) is 5.03. The normalized spacial score (nSPS) is 21.2. The molecule has 3 N–H and O–H groups in total. The molecule has 6 heteroatoms. The third kappa shape index (κ3) is 2.95. The van der Waals surface area contributed by atoms with Crippen LogP contribution in [0.25, 0.3) is 0 Å². The standard InChI is InChI=1S/C10H16N2O4/c1-10(2)3-6(10)9(16)12(4-7(11)13)5-8(14)15/h6H,3-5H2,1-2H3,(H2,11,13)(H,14,15). The van der Waals surface area contributed by atoms with Gasteiger partial charge in [0.1, 0.15) is 6.54 Å². The van der Waals surface area contributed by atoms with Gasteiger partial charge in [-0.1, -0.05) is 13.8 Å². The number of aliphatic carboxylic acids is 1. The first kappa shape index (κ1) is 12.5. The monoisotopic (exact) mass is 228 g/mol. The number of nitrogens with zero attached hydrogens (tertiary/aromatic N) is 1. The van der Waals surface area contributed by atoms with Crippen molar-refractivity contribution in [3.05, 3.63) is 0 Å². The van der Waals surface area contributed by atoms with Gasteiger partial charge in [-0.2, -0.15) is 0 Å². The molecule has 6 nitrogen and oxygen atoms in total. The molecule has 1 fully saturated rings. The van der Waals surface area contributed by atoms with Gasteiger partial charge >= 0.3 is 5.97 Å². The van der Waals surface area contributed by atoms with Crippen molar-refractivity contribution in [1.82, 2.24) is 4.90 Å². The lowest BCUT2D eigenvalue weighted by molar-refractivity contribution is -0.146. The highest BCUT2D eigenvalue weighted by Crippen LogP contribution is 2.52. The number of rotatable bonds is 5. The van der Waals surface area contributed by atoms with Gasteiger partial charge in [0.2, 0.25) is 11.8 Å². The van der Waals surface area contributed by atoms with Gasteiger partial charge in [0.15, 0.2) is 0 Å². The first-order valence-electron chi connectivity index (χ1n) is 5.03. The number of hydrogen-bond donors (Lipinski definition) is 2. The average Bonchev–Trinajstić information content (AvgIpc) is 2.71. The quantitative estimate of drug-likeness (QED) is 0.658. The van der Waals surface area contributed by atoms with Crippen molar-refractivity contribution in [2.45, 2.75) is 20.3 Å². The molecule has 90 valence electrons. The molecule has 1 rings (SSSR count). The molecule has 0 radical (unpaired) electrons. The summed E-state index contributed by atoms with van der Waals surface area (Å²) >= 11 is 0. The van der Waals surface area contributed by atoms with Gasteiger partial charge in [-0.05, 0) is 11.8 Å². The van der Waals surface area contributed by atoms with Crippen molar-refractivity contribution < 1.29 is 19.5 Å². The molecule has 1 unspecified atom stereocenters. The van der Waals surface area contributed by atoms with Crippen LogP contribution in [0.1, 0.15) is 20.3 Å². The van der Waals surface area contributed by atoms with Gasteiger partial charge in [0.25, 0.3) is 0 Å². The van der Waals surface area contributed by atoms with E-state index < -0.39 is 18.4 Å². The number of carboxylic acid groups (broad SMARTS) is 1. The molecule has 0 aliphatic heterocycles. The fourth-order valence-corrected chi connectivity index (χ4v) is 1.67. The van der Waals surface area contributed by atoms with Crippen molar-refractivity contribution in [2.75, 3.05) is 13.1 Å². The van der Waals surface area contributed by atoms with E-state index in [0.717, 1.165) is 11.3 Å². The zero-order valence-corrected chi connectivity index (χ0v) is 9.40. The molecule has 2 amide bonds. The molecule has 1 atom stereocenters. The van der Waals surface area contributed by atoms with E-state index in [2.05, 4.69) is 0 Å². The van der Waals surface area contributed by atoms with Crippen LogP contribution in [0, 0.1) is 11.3 Å². The van der Waals surface area contributed by atoms with E-state index in [1.54, 1.807) is 0 Å². The van der Waals surface area contributed by atoms with Gasteiger partial charge in [0.05, 0.1) is 6.54 Å². The van der Waals surface area contributed by atoms with Crippen molar-refractivity contribution in [1.29, 1.82) is 0 Å². The first-order chi connectivity index (χ1) is 7.24. The van der Waals surface area contributed by atoms with Crippen LogP contribution < -0.4 is 5.73 Å². The van der Waals surface area contributed by atoms with Gasteiger partial charge in [-0.15, -0.1) is 0 Å². The van der Waals surface area contributed by atoms with E-state index in [-0.39, 0.29) is 23.8 Å². The molecular weight excluding hydrogens is 212 g/mol. The third-order valence-electron chi connectivity index (χ3n) is 2.80. The summed E-state index contributed by atoms with van der Waals surface area (Å²) in [6.45, 7) is 3.05. The number of nitrogens with two attached hydrogens (primary N) is 1. The Bertz CT molecular complexity index is 322. The molecule has 0 bridgehead atoms. The smallest absolute Gasteiger partial charge is 0.323 e. The molecule has 0 aromatic rings. The van der Waals surface area contributed by atoms with Gasteiger partial charge < -0.3 is 15.7 Å². The zero-order chi connectivity index (χ0) is 12.5. The molecule has 0 saturated heterocycles. The van der Waals surface area contributed by atoms with E-state index in [4.69, 9.17) is 10.8 Å². The van der Waals surface area contributed by atoms with Crippen LogP contribution >= 0.6 is 0 Å².